The van der Waals surface area contributed by atoms with Gasteiger partial charge in [0.25, 0.3) is 11.8 Å². The molecule has 16 nitrogen and oxygen atoms in total. The van der Waals surface area contributed by atoms with Crippen molar-refractivity contribution in [3.63, 3.8) is 0 Å². The molecule has 2 amide bonds. The first-order valence-electron chi connectivity index (χ1n) is 29.2. The number of carboxylic acid groups (broad SMARTS) is 2. The van der Waals surface area contributed by atoms with Crippen LogP contribution in [-0.2, 0) is 48.7 Å². The van der Waals surface area contributed by atoms with Crippen LogP contribution < -0.4 is 8.61 Å². The molecule has 4 saturated carbocycles. The van der Waals surface area contributed by atoms with E-state index in [-0.39, 0.29) is 19.3 Å². The van der Waals surface area contributed by atoms with Crippen molar-refractivity contribution in [2.24, 2.45) is 11.8 Å². The molecule has 91 heavy (non-hydrogen) atoms. The standard InChI is InChI=1S/2C32H30Cl2F2N2O6S.CH4/c2*33-21-11-9-19(10-12-21)29-31(20-3-1-4-22(34)15-20)44-27(16-28(39)40)32(41)38(29)26(18-7-8-18)17-37(45(42,43)23-13-14-23)30-24(35)5-2-6-25(30)36;/h2*1-6,9-12,15,18,23,26-27,29,31H,7-8,13-14,16-17H2,(H,39,40);1H4/t26-,27+,29?,31?;26-,27-,29?,31?;/m11./s1. The van der Waals surface area contributed by atoms with E-state index >= 15 is 17.6 Å². The summed E-state index contributed by atoms with van der Waals surface area (Å²) >= 11 is 25.1. The lowest BCUT2D eigenvalue weighted by Crippen LogP contribution is -2.59. The number of anilines is 2. The van der Waals surface area contributed by atoms with E-state index in [9.17, 15) is 46.2 Å². The number of sulfonamides is 2. The van der Waals surface area contributed by atoms with Crippen molar-refractivity contribution in [1.29, 1.82) is 0 Å². The van der Waals surface area contributed by atoms with Gasteiger partial charge in [-0.3, -0.25) is 27.8 Å². The smallest absolute Gasteiger partial charge is 0.306 e. The van der Waals surface area contributed by atoms with E-state index in [4.69, 9.17) is 55.9 Å². The van der Waals surface area contributed by atoms with Gasteiger partial charge in [-0.05, 0) is 158 Å². The van der Waals surface area contributed by atoms with Crippen LogP contribution in [-0.4, -0.2) is 108 Å². The molecule has 484 valence electrons. The van der Waals surface area contributed by atoms with Gasteiger partial charge in [0.2, 0.25) is 20.0 Å². The lowest BCUT2D eigenvalue weighted by atomic mass is 9.89. The largest absolute Gasteiger partial charge is 0.481 e. The third kappa shape index (κ3) is 14.8. The van der Waals surface area contributed by atoms with Crippen molar-refractivity contribution in [3.05, 3.63) is 199 Å². The van der Waals surface area contributed by atoms with Crippen molar-refractivity contribution in [1.82, 2.24) is 9.80 Å². The summed E-state index contributed by atoms with van der Waals surface area (Å²) in [5, 5.41) is 19.5. The molecule has 6 aliphatic rings. The number of rotatable bonds is 22. The van der Waals surface area contributed by atoms with E-state index in [2.05, 4.69) is 0 Å². The molecular formula is C65H64Cl4F4N4O12S2. The minimum atomic E-state index is -4.22. The summed E-state index contributed by atoms with van der Waals surface area (Å²) in [6.45, 7) is -0.863. The van der Waals surface area contributed by atoms with Crippen LogP contribution >= 0.6 is 46.4 Å². The average Bonchev–Trinajstić information content (AvgIpc) is 1.75. The predicted octanol–water partition coefficient (Wildman–Crippen LogP) is 13.7. The molecule has 2 N–H and O–H groups in total. The maximum Gasteiger partial charge on any atom is 0.306 e. The van der Waals surface area contributed by atoms with Crippen molar-refractivity contribution < 1.29 is 73.3 Å². The highest BCUT2D eigenvalue weighted by Crippen LogP contribution is 2.52. The van der Waals surface area contributed by atoms with Crippen molar-refractivity contribution >= 4 is 102 Å². The third-order valence-electron chi connectivity index (χ3n) is 17.0. The Kier molecular flexibility index (Phi) is 20.4. The van der Waals surface area contributed by atoms with Crippen molar-refractivity contribution in [3.8, 4) is 0 Å². The van der Waals surface area contributed by atoms with Gasteiger partial charge in [-0.15, -0.1) is 0 Å². The van der Waals surface area contributed by atoms with E-state index < -0.39 is 163 Å². The van der Waals surface area contributed by atoms with Crippen LogP contribution in [0.4, 0.5) is 28.9 Å². The summed E-state index contributed by atoms with van der Waals surface area (Å²) in [7, 11) is -8.44. The number of carbonyl (C=O) groups is 4. The maximum absolute atomic E-state index is 15.3. The van der Waals surface area contributed by atoms with E-state index in [0.717, 1.165) is 45.0 Å². The number of hydrogen-bond acceptors (Lipinski definition) is 10. The minimum absolute atomic E-state index is 0. The third-order valence-corrected chi connectivity index (χ3v) is 22.5. The Morgan fingerprint density at radius 3 is 1.09 bits per heavy atom. The molecule has 4 unspecified atom stereocenters. The predicted molar refractivity (Wildman–Crippen MR) is 336 cm³/mol. The van der Waals surface area contributed by atoms with Crippen molar-refractivity contribution in [2.45, 2.75) is 131 Å². The summed E-state index contributed by atoms with van der Waals surface area (Å²) in [5.74, 6) is -8.48. The highest BCUT2D eigenvalue weighted by Gasteiger charge is 2.55. The molecule has 0 aromatic heterocycles. The minimum Gasteiger partial charge on any atom is -0.481 e. The lowest BCUT2D eigenvalue weighted by molar-refractivity contribution is -0.183. The number of amides is 2. The summed E-state index contributed by atoms with van der Waals surface area (Å²) in [4.78, 5) is 55.5. The van der Waals surface area contributed by atoms with Gasteiger partial charge in [0.05, 0.1) is 60.6 Å². The van der Waals surface area contributed by atoms with Gasteiger partial charge < -0.3 is 29.5 Å². The number of carbonyl (C=O) groups excluding carboxylic acids is 2. The van der Waals surface area contributed by atoms with E-state index in [0.29, 0.717) is 93.7 Å². The SMILES string of the molecule is C.O=C(O)C[C@@H]1OC(c2cccc(Cl)c2)C(c2ccc(Cl)cc2)N([C@H](CN(c2c(F)cccc2F)S(=O)(=O)C2CC2)C2CC2)C1=O.O=C(O)C[C@H]1OC(c2cccc(Cl)c2)C(c2ccc(Cl)cc2)N([C@H](CN(c2c(F)cccc2F)S(=O)(=O)C2CC2)C2CC2)C1=O. The number of halogens is 8. The number of nitrogens with zero attached hydrogens (tertiary/aromatic N) is 4. The highest BCUT2D eigenvalue weighted by atomic mass is 35.5. The number of morpholine rings is 2. The molecular weight excluding hydrogens is 1310 g/mol. The van der Waals surface area contributed by atoms with Gasteiger partial charge in [-0.1, -0.05) is 114 Å². The molecule has 26 heteroatoms. The van der Waals surface area contributed by atoms with E-state index in [1.54, 1.807) is 97.1 Å². The number of benzene rings is 6. The first kappa shape index (κ1) is 67.4. The average molecular weight is 1380 g/mol. The molecule has 2 saturated heterocycles. The number of aliphatic carboxylic acids is 2. The van der Waals surface area contributed by atoms with Crippen LogP contribution in [0.3, 0.4) is 0 Å². The summed E-state index contributed by atoms with van der Waals surface area (Å²) < 4.78 is 130. The summed E-state index contributed by atoms with van der Waals surface area (Å²) in [5.41, 5.74) is 0.899. The number of hydrogen-bond donors (Lipinski definition) is 2. The molecule has 8 atom stereocenters. The number of carboxylic acids is 2. The van der Waals surface area contributed by atoms with Gasteiger partial charge in [-0.25, -0.2) is 34.4 Å². The van der Waals surface area contributed by atoms with Crippen LogP contribution in [0.25, 0.3) is 0 Å². The molecule has 0 radical (unpaired) electrons. The van der Waals surface area contributed by atoms with Crippen LogP contribution in [0.2, 0.25) is 20.1 Å². The van der Waals surface area contributed by atoms with E-state index in [1.807, 2.05) is 0 Å². The molecule has 12 rings (SSSR count). The zero-order valence-electron chi connectivity index (χ0n) is 47.7. The fourth-order valence-electron chi connectivity index (χ4n) is 12.1. The van der Waals surface area contributed by atoms with Crippen molar-refractivity contribution in [2.75, 3.05) is 21.7 Å². The quantitative estimate of drug-likeness (QED) is 0.0609. The molecule has 6 aromatic carbocycles. The van der Waals surface area contributed by atoms with Crippen LogP contribution in [0.1, 0.15) is 118 Å². The lowest BCUT2D eigenvalue weighted by Gasteiger charge is -2.49. The molecule has 2 heterocycles. The Balaban J connectivity index is 0.000000198. The Morgan fingerprint density at radius 2 is 0.802 bits per heavy atom. The monoisotopic (exact) mass is 1370 g/mol. The molecule has 0 spiro atoms. The topological polar surface area (TPSA) is 208 Å². The Labute approximate surface area is 544 Å². The maximum atomic E-state index is 15.3. The summed E-state index contributed by atoms with van der Waals surface area (Å²) in [6, 6.07) is 29.7. The molecule has 6 aromatic rings. The fourth-order valence-corrected chi connectivity index (χ4v) is 16.6. The Hall–Kier alpha value is -6.50. The first-order valence-corrected chi connectivity index (χ1v) is 33.7. The van der Waals surface area contributed by atoms with Gasteiger partial charge >= 0.3 is 11.9 Å². The van der Waals surface area contributed by atoms with Gasteiger partial charge in [0, 0.05) is 20.1 Å². The summed E-state index contributed by atoms with van der Waals surface area (Å²) in [6.07, 6.45) is -2.06. The molecule has 0 bridgehead atoms. The molecule has 4 aliphatic carbocycles. The molecule has 2 aliphatic heterocycles. The zero-order valence-corrected chi connectivity index (χ0v) is 52.4. The fraction of sp³-hybridized carbons (Fsp3) is 0.385. The number of para-hydroxylation sites is 2. The highest BCUT2D eigenvalue weighted by molar-refractivity contribution is 7.94. The second kappa shape index (κ2) is 27.6. The van der Waals surface area contributed by atoms with Crippen LogP contribution in [0.5, 0.6) is 0 Å². The first-order chi connectivity index (χ1) is 42.9. The molecule has 6 fully saturated rings. The zero-order chi connectivity index (χ0) is 64.1. The normalized spacial score (nSPS) is 22.5. The Morgan fingerprint density at radius 1 is 0.484 bits per heavy atom. The number of ether oxygens (including phenoxy) is 2. The van der Waals surface area contributed by atoms with Crippen LogP contribution in [0.15, 0.2) is 133 Å². The van der Waals surface area contributed by atoms with E-state index in [1.165, 1.54) is 9.80 Å². The Bertz CT molecular complexity index is 3650. The van der Waals surface area contributed by atoms with Gasteiger partial charge in [0.15, 0.2) is 23.3 Å². The second-order valence-electron chi connectivity index (χ2n) is 23.4. The van der Waals surface area contributed by atoms with Gasteiger partial charge in [-0.2, -0.15) is 0 Å². The van der Waals surface area contributed by atoms with Crippen LogP contribution in [0, 0.1) is 35.1 Å². The second-order valence-corrected chi connectivity index (χ2v) is 29.4. The van der Waals surface area contributed by atoms with Gasteiger partial charge in [0.1, 0.15) is 35.8 Å².